The van der Waals surface area contributed by atoms with Gasteiger partial charge in [0, 0.05) is 24.7 Å². The van der Waals surface area contributed by atoms with Gasteiger partial charge < -0.3 is 15.7 Å². The smallest absolute Gasteiger partial charge is 0.335 e. The zero-order valence-electron chi connectivity index (χ0n) is 10.6. The fourth-order valence-corrected chi connectivity index (χ4v) is 1.39. The summed E-state index contributed by atoms with van der Waals surface area (Å²) >= 11 is 0. The van der Waals surface area contributed by atoms with E-state index in [1.165, 1.54) is 12.1 Å². The molecule has 0 fully saturated rings. The molecule has 0 bridgehead atoms. The van der Waals surface area contributed by atoms with Gasteiger partial charge in [-0.25, -0.2) is 4.79 Å². The lowest BCUT2D eigenvalue weighted by atomic mass is 10.2. The first kappa shape index (κ1) is 14.2. The first-order chi connectivity index (χ1) is 8.49. The van der Waals surface area contributed by atoms with Crippen molar-refractivity contribution in [2.45, 2.75) is 26.3 Å². The molecule has 98 valence electrons. The Kier molecular flexibility index (Phi) is 5.32. The Hall–Kier alpha value is -1.88. The minimum atomic E-state index is -0.978. The van der Waals surface area contributed by atoms with Gasteiger partial charge in [-0.2, -0.15) is 0 Å². The summed E-state index contributed by atoms with van der Waals surface area (Å²) in [5.41, 5.74) is 0.809. The Morgan fingerprint density at radius 2 is 1.83 bits per heavy atom. The normalized spacial score (nSPS) is 10.4. The van der Waals surface area contributed by atoms with Gasteiger partial charge in [-0.3, -0.25) is 4.79 Å². The van der Waals surface area contributed by atoms with Gasteiger partial charge in [0.1, 0.15) is 0 Å². The highest BCUT2D eigenvalue weighted by Gasteiger charge is 2.05. The first-order valence-electron chi connectivity index (χ1n) is 5.85. The number of amides is 1. The van der Waals surface area contributed by atoms with E-state index >= 15 is 0 Å². The monoisotopic (exact) mass is 250 g/mol. The minimum absolute atomic E-state index is 0.0915. The van der Waals surface area contributed by atoms with Crippen LogP contribution in [0.4, 0.5) is 5.69 Å². The third-order valence-corrected chi connectivity index (χ3v) is 2.32. The molecule has 0 radical (unpaired) electrons. The van der Waals surface area contributed by atoms with E-state index in [-0.39, 0.29) is 11.5 Å². The molecule has 18 heavy (non-hydrogen) atoms. The van der Waals surface area contributed by atoms with Gasteiger partial charge in [-0.1, -0.05) is 13.8 Å². The van der Waals surface area contributed by atoms with Gasteiger partial charge in [0.2, 0.25) is 5.91 Å². The van der Waals surface area contributed by atoms with Crippen molar-refractivity contribution >= 4 is 17.6 Å². The van der Waals surface area contributed by atoms with Crippen LogP contribution in [0.2, 0.25) is 0 Å². The summed E-state index contributed by atoms with van der Waals surface area (Å²) in [5.74, 6) is -1.07. The molecule has 0 aliphatic carbocycles. The van der Waals surface area contributed by atoms with Crippen molar-refractivity contribution in [2.24, 2.45) is 0 Å². The predicted molar refractivity (Wildman–Crippen MR) is 69.8 cm³/mol. The number of benzene rings is 1. The quantitative estimate of drug-likeness (QED) is 0.718. The number of nitrogens with one attached hydrogen (secondary N) is 2. The zero-order chi connectivity index (χ0) is 13.5. The Bertz CT molecular complexity index is 413. The lowest BCUT2D eigenvalue weighted by Crippen LogP contribution is -2.27. The van der Waals surface area contributed by atoms with Crippen LogP contribution < -0.4 is 10.6 Å². The van der Waals surface area contributed by atoms with Crippen LogP contribution in [0.25, 0.3) is 0 Å². The van der Waals surface area contributed by atoms with E-state index in [9.17, 15) is 9.59 Å². The van der Waals surface area contributed by atoms with Crippen molar-refractivity contribution in [3.8, 4) is 0 Å². The number of aromatic carboxylic acids is 1. The molecule has 5 heteroatoms. The maximum atomic E-state index is 11.5. The highest BCUT2D eigenvalue weighted by molar-refractivity contribution is 5.92. The molecule has 3 N–H and O–H groups in total. The van der Waals surface area contributed by atoms with Gasteiger partial charge in [-0.05, 0) is 24.3 Å². The van der Waals surface area contributed by atoms with Crippen LogP contribution >= 0.6 is 0 Å². The average Bonchev–Trinajstić information content (AvgIpc) is 2.29. The largest absolute Gasteiger partial charge is 0.478 e. The molecule has 0 saturated heterocycles. The van der Waals surface area contributed by atoms with E-state index in [1.807, 2.05) is 13.8 Å². The Morgan fingerprint density at radius 1 is 1.22 bits per heavy atom. The zero-order valence-corrected chi connectivity index (χ0v) is 10.6. The Morgan fingerprint density at radius 3 is 2.33 bits per heavy atom. The fraction of sp³-hybridized carbons (Fsp3) is 0.385. The van der Waals surface area contributed by atoms with Gasteiger partial charge in [0.15, 0.2) is 0 Å². The second kappa shape index (κ2) is 6.76. The SMILES string of the molecule is CC(C)NCCC(=O)Nc1ccc(C(=O)O)cc1. The van der Waals surface area contributed by atoms with Crippen molar-refractivity contribution < 1.29 is 14.7 Å². The molecular weight excluding hydrogens is 232 g/mol. The topological polar surface area (TPSA) is 78.4 Å². The highest BCUT2D eigenvalue weighted by atomic mass is 16.4. The van der Waals surface area contributed by atoms with Crippen LogP contribution in [-0.2, 0) is 4.79 Å². The number of carboxylic acid groups (broad SMARTS) is 1. The summed E-state index contributed by atoms with van der Waals surface area (Å²) in [6.07, 6.45) is 0.388. The molecule has 0 saturated carbocycles. The van der Waals surface area contributed by atoms with E-state index < -0.39 is 5.97 Å². The summed E-state index contributed by atoms with van der Waals surface area (Å²) in [5, 5.41) is 14.6. The summed E-state index contributed by atoms with van der Waals surface area (Å²) in [4.78, 5) is 22.2. The predicted octanol–water partition coefficient (Wildman–Crippen LogP) is 1.71. The van der Waals surface area contributed by atoms with E-state index in [0.717, 1.165) is 0 Å². The Balaban J connectivity index is 2.42. The summed E-state index contributed by atoms with van der Waals surface area (Å²) in [6, 6.07) is 6.44. The van der Waals surface area contributed by atoms with Crippen LogP contribution in [0.15, 0.2) is 24.3 Å². The molecular formula is C13H18N2O3. The van der Waals surface area contributed by atoms with Crippen molar-refractivity contribution in [3.05, 3.63) is 29.8 Å². The van der Waals surface area contributed by atoms with Crippen LogP contribution in [0.1, 0.15) is 30.6 Å². The summed E-state index contributed by atoms with van der Waals surface area (Å²) in [7, 11) is 0. The van der Waals surface area contributed by atoms with Gasteiger partial charge in [-0.15, -0.1) is 0 Å². The van der Waals surface area contributed by atoms with Gasteiger partial charge in [0.25, 0.3) is 0 Å². The van der Waals surface area contributed by atoms with E-state index in [0.29, 0.717) is 24.7 Å². The number of hydrogen-bond acceptors (Lipinski definition) is 3. The van der Waals surface area contributed by atoms with E-state index in [2.05, 4.69) is 10.6 Å². The number of hydrogen-bond donors (Lipinski definition) is 3. The molecule has 0 unspecified atom stereocenters. The number of carbonyl (C=O) groups excluding carboxylic acids is 1. The molecule has 0 spiro atoms. The lowest BCUT2D eigenvalue weighted by molar-refractivity contribution is -0.116. The highest BCUT2D eigenvalue weighted by Crippen LogP contribution is 2.09. The molecule has 1 amide bonds. The molecule has 0 aromatic heterocycles. The molecule has 0 aliphatic heterocycles. The average molecular weight is 250 g/mol. The van der Waals surface area contributed by atoms with Crippen LogP contribution in [0, 0.1) is 0 Å². The summed E-state index contributed by atoms with van der Waals surface area (Å²) in [6.45, 7) is 4.65. The standard InChI is InChI=1S/C13H18N2O3/c1-9(2)14-8-7-12(16)15-11-5-3-10(4-6-11)13(17)18/h3-6,9,14H,7-8H2,1-2H3,(H,15,16)(H,17,18). The molecule has 0 heterocycles. The molecule has 0 aliphatic rings. The Labute approximate surface area is 106 Å². The number of rotatable bonds is 6. The van der Waals surface area contributed by atoms with Crippen LogP contribution in [0.5, 0.6) is 0 Å². The van der Waals surface area contributed by atoms with Crippen molar-refractivity contribution in [1.82, 2.24) is 5.32 Å². The maximum Gasteiger partial charge on any atom is 0.335 e. The number of carboxylic acids is 1. The minimum Gasteiger partial charge on any atom is -0.478 e. The summed E-state index contributed by atoms with van der Waals surface area (Å²) < 4.78 is 0. The second-order valence-corrected chi connectivity index (χ2v) is 4.29. The molecule has 1 rings (SSSR count). The molecule has 0 atom stereocenters. The van der Waals surface area contributed by atoms with Crippen LogP contribution in [0.3, 0.4) is 0 Å². The number of carbonyl (C=O) groups is 2. The third-order valence-electron chi connectivity index (χ3n) is 2.32. The van der Waals surface area contributed by atoms with Crippen LogP contribution in [-0.4, -0.2) is 29.6 Å². The molecule has 1 aromatic carbocycles. The second-order valence-electron chi connectivity index (χ2n) is 4.29. The molecule has 5 nitrogen and oxygen atoms in total. The van der Waals surface area contributed by atoms with E-state index in [4.69, 9.17) is 5.11 Å². The van der Waals surface area contributed by atoms with Gasteiger partial charge >= 0.3 is 5.97 Å². The van der Waals surface area contributed by atoms with Crippen molar-refractivity contribution in [1.29, 1.82) is 0 Å². The fourth-order valence-electron chi connectivity index (χ4n) is 1.39. The van der Waals surface area contributed by atoms with E-state index in [1.54, 1.807) is 12.1 Å². The lowest BCUT2D eigenvalue weighted by Gasteiger charge is -2.08. The van der Waals surface area contributed by atoms with Crippen molar-refractivity contribution in [2.75, 3.05) is 11.9 Å². The maximum absolute atomic E-state index is 11.5. The first-order valence-corrected chi connectivity index (χ1v) is 5.85. The van der Waals surface area contributed by atoms with Gasteiger partial charge in [0.05, 0.1) is 5.56 Å². The third kappa shape index (κ3) is 4.97. The van der Waals surface area contributed by atoms with Crippen molar-refractivity contribution in [3.63, 3.8) is 0 Å². The number of anilines is 1. The molecule has 1 aromatic rings.